The molecule has 1 rings (SSSR count). The summed E-state index contributed by atoms with van der Waals surface area (Å²) in [5.74, 6) is 0.565. The Kier molecular flexibility index (Phi) is 3.64. The maximum Gasteiger partial charge on any atom is 0.200 e. The predicted molar refractivity (Wildman–Crippen MR) is 50.4 cm³/mol. The van der Waals surface area contributed by atoms with Gasteiger partial charge >= 0.3 is 0 Å². The van der Waals surface area contributed by atoms with Crippen LogP contribution in [0.5, 0.6) is 0 Å². The molecule has 0 atom stereocenters. The van der Waals surface area contributed by atoms with Gasteiger partial charge in [0.15, 0.2) is 5.81 Å². The van der Waals surface area contributed by atoms with E-state index in [1.165, 1.54) is 12.8 Å². The molecule has 2 radical (unpaired) electrons. The van der Waals surface area contributed by atoms with Crippen LogP contribution in [0.1, 0.15) is 32.6 Å². The lowest BCUT2D eigenvalue weighted by Gasteiger charge is -2.31. The van der Waals surface area contributed by atoms with E-state index in [0.29, 0.717) is 0 Å². The van der Waals surface area contributed by atoms with Crippen LogP contribution in [0.4, 0.5) is 4.79 Å². The first-order valence-corrected chi connectivity index (χ1v) is 4.78. The van der Waals surface area contributed by atoms with E-state index in [1.54, 1.807) is 4.90 Å². The SMILES string of the molecule is [B]C(=O)N1CCC(CCC)CC1. The number of amides is 1. The van der Waals surface area contributed by atoms with Gasteiger partial charge in [-0.25, -0.2) is 0 Å². The predicted octanol–water partition coefficient (Wildman–Crippen LogP) is 1.79. The molecule has 0 aromatic carbocycles. The number of rotatable bonds is 2. The number of nitrogens with zero attached hydrogens (tertiary/aromatic N) is 1. The van der Waals surface area contributed by atoms with Gasteiger partial charge in [-0.05, 0) is 18.8 Å². The molecule has 0 aliphatic carbocycles. The number of hydrogen-bond acceptors (Lipinski definition) is 1. The first-order valence-electron chi connectivity index (χ1n) is 4.78. The fourth-order valence-electron chi connectivity index (χ4n) is 1.85. The Morgan fingerprint density at radius 1 is 1.50 bits per heavy atom. The minimum absolute atomic E-state index is 0.259. The molecule has 66 valence electrons. The third-order valence-corrected chi connectivity index (χ3v) is 2.62. The van der Waals surface area contributed by atoms with Crippen LogP contribution in [0, 0.1) is 5.92 Å². The average molecular weight is 165 g/mol. The molecule has 1 amide bonds. The minimum Gasteiger partial charge on any atom is -0.353 e. The summed E-state index contributed by atoms with van der Waals surface area (Å²) in [5, 5.41) is 0. The zero-order valence-corrected chi connectivity index (χ0v) is 7.75. The van der Waals surface area contributed by atoms with Crippen molar-refractivity contribution in [3.05, 3.63) is 0 Å². The van der Waals surface area contributed by atoms with E-state index >= 15 is 0 Å². The van der Waals surface area contributed by atoms with Crippen LogP contribution >= 0.6 is 0 Å². The lowest BCUT2D eigenvalue weighted by molar-refractivity contribution is 0.188. The highest BCUT2D eigenvalue weighted by atomic mass is 16.1. The van der Waals surface area contributed by atoms with Gasteiger partial charge in [-0.3, -0.25) is 4.79 Å². The molecule has 0 aromatic heterocycles. The molecule has 1 aliphatic heterocycles. The van der Waals surface area contributed by atoms with Crippen LogP contribution in [0.3, 0.4) is 0 Å². The summed E-state index contributed by atoms with van der Waals surface area (Å²) in [6.07, 6.45) is 4.82. The normalized spacial score (nSPS) is 19.6. The van der Waals surface area contributed by atoms with Crippen molar-refractivity contribution in [1.82, 2.24) is 4.90 Å². The molecular weight excluding hydrogens is 149 g/mol. The van der Waals surface area contributed by atoms with E-state index in [4.69, 9.17) is 7.85 Å². The Morgan fingerprint density at radius 2 is 2.08 bits per heavy atom. The lowest BCUT2D eigenvalue weighted by atomic mass is 9.91. The van der Waals surface area contributed by atoms with Crippen LogP contribution in [0.25, 0.3) is 0 Å². The maximum absolute atomic E-state index is 10.8. The molecule has 1 aliphatic rings. The van der Waals surface area contributed by atoms with Gasteiger partial charge in [-0.15, -0.1) is 0 Å². The fourth-order valence-corrected chi connectivity index (χ4v) is 1.85. The fraction of sp³-hybridized carbons (Fsp3) is 0.889. The first kappa shape index (κ1) is 9.62. The van der Waals surface area contributed by atoms with E-state index in [2.05, 4.69) is 6.92 Å². The van der Waals surface area contributed by atoms with Gasteiger partial charge in [0.1, 0.15) is 0 Å². The molecule has 1 fully saturated rings. The molecule has 12 heavy (non-hydrogen) atoms. The standard InChI is InChI=1S/C9H16BNO/c1-2-3-8-4-6-11(7-5-8)9(10)12/h8H,2-7H2,1H3. The highest BCUT2D eigenvalue weighted by Crippen LogP contribution is 2.21. The summed E-state index contributed by atoms with van der Waals surface area (Å²) >= 11 is 0. The monoisotopic (exact) mass is 165 g/mol. The van der Waals surface area contributed by atoms with Crippen molar-refractivity contribution in [1.29, 1.82) is 0 Å². The number of carbonyl (C=O) groups excluding carboxylic acids is 1. The maximum atomic E-state index is 10.8. The Morgan fingerprint density at radius 3 is 2.50 bits per heavy atom. The van der Waals surface area contributed by atoms with Crippen molar-refractivity contribution in [2.75, 3.05) is 13.1 Å². The molecule has 2 nitrogen and oxygen atoms in total. The van der Waals surface area contributed by atoms with Crippen molar-refractivity contribution >= 4 is 13.7 Å². The van der Waals surface area contributed by atoms with Gasteiger partial charge in [0.25, 0.3) is 0 Å². The van der Waals surface area contributed by atoms with Crippen molar-refractivity contribution in [2.24, 2.45) is 5.92 Å². The number of likely N-dealkylation sites (tertiary alicyclic amines) is 1. The van der Waals surface area contributed by atoms with Crippen LogP contribution < -0.4 is 0 Å². The third kappa shape index (κ3) is 2.54. The van der Waals surface area contributed by atoms with E-state index in [-0.39, 0.29) is 5.81 Å². The molecular formula is C9H16BNO. The van der Waals surface area contributed by atoms with Crippen molar-refractivity contribution in [2.45, 2.75) is 32.6 Å². The topological polar surface area (TPSA) is 20.3 Å². The number of piperidine rings is 1. The summed E-state index contributed by atoms with van der Waals surface area (Å²) in [5.41, 5.74) is 0. The summed E-state index contributed by atoms with van der Waals surface area (Å²) < 4.78 is 0. The van der Waals surface area contributed by atoms with Crippen LogP contribution in [-0.2, 0) is 0 Å². The molecule has 0 spiro atoms. The van der Waals surface area contributed by atoms with E-state index in [0.717, 1.165) is 31.8 Å². The van der Waals surface area contributed by atoms with Gasteiger partial charge < -0.3 is 4.90 Å². The summed E-state index contributed by atoms with van der Waals surface area (Å²) in [6.45, 7) is 3.93. The van der Waals surface area contributed by atoms with Gasteiger partial charge in [-0.2, -0.15) is 0 Å². The smallest absolute Gasteiger partial charge is 0.200 e. The summed E-state index contributed by atoms with van der Waals surface area (Å²) in [7, 11) is 5.17. The van der Waals surface area contributed by atoms with Gasteiger partial charge in [0.05, 0.1) is 0 Å². The van der Waals surface area contributed by atoms with E-state index < -0.39 is 0 Å². The van der Waals surface area contributed by atoms with E-state index in [9.17, 15) is 4.79 Å². The van der Waals surface area contributed by atoms with Gasteiger partial charge in [0.2, 0.25) is 7.85 Å². The molecule has 0 aromatic rings. The highest BCUT2D eigenvalue weighted by molar-refractivity contribution is 6.56. The molecule has 3 heteroatoms. The third-order valence-electron chi connectivity index (χ3n) is 2.62. The minimum atomic E-state index is -0.259. The Bertz CT molecular complexity index is 153. The second kappa shape index (κ2) is 4.53. The quantitative estimate of drug-likeness (QED) is 0.571. The second-order valence-corrected chi connectivity index (χ2v) is 3.56. The Hall–Kier alpha value is -0.465. The zero-order valence-electron chi connectivity index (χ0n) is 7.75. The largest absolute Gasteiger partial charge is 0.353 e. The number of carbonyl (C=O) groups is 1. The van der Waals surface area contributed by atoms with Gasteiger partial charge in [-0.1, -0.05) is 19.8 Å². The van der Waals surface area contributed by atoms with Gasteiger partial charge in [0, 0.05) is 13.1 Å². The molecule has 1 heterocycles. The highest BCUT2D eigenvalue weighted by Gasteiger charge is 2.18. The molecule has 0 bridgehead atoms. The average Bonchev–Trinajstić information content (AvgIpc) is 2.06. The lowest BCUT2D eigenvalue weighted by Crippen LogP contribution is -2.37. The van der Waals surface area contributed by atoms with Crippen molar-refractivity contribution < 1.29 is 4.79 Å². The molecule has 0 saturated carbocycles. The molecule has 0 N–H and O–H groups in total. The Labute approximate surface area is 75.7 Å². The van der Waals surface area contributed by atoms with Crippen LogP contribution in [0.15, 0.2) is 0 Å². The van der Waals surface area contributed by atoms with Crippen LogP contribution in [-0.4, -0.2) is 31.6 Å². The van der Waals surface area contributed by atoms with Crippen molar-refractivity contribution in [3.63, 3.8) is 0 Å². The van der Waals surface area contributed by atoms with E-state index in [1.807, 2.05) is 0 Å². The molecule has 0 unspecified atom stereocenters. The summed E-state index contributed by atoms with van der Waals surface area (Å²) in [6, 6.07) is 0. The zero-order chi connectivity index (χ0) is 8.97. The second-order valence-electron chi connectivity index (χ2n) is 3.56. The Balaban J connectivity index is 2.25. The summed E-state index contributed by atoms with van der Waals surface area (Å²) in [4.78, 5) is 12.5. The van der Waals surface area contributed by atoms with Crippen molar-refractivity contribution in [3.8, 4) is 0 Å². The molecule has 1 saturated heterocycles. The first-order chi connectivity index (χ1) is 5.74. The number of hydrogen-bond donors (Lipinski definition) is 0. The van der Waals surface area contributed by atoms with Crippen LogP contribution in [0.2, 0.25) is 0 Å².